The van der Waals surface area contributed by atoms with Crippen LogP contribution in [0.3, 0.4) is 0 Å². The molecular weight excluding hydrogens is 464 g/mol. The first-order chi connectivity index (χ1) is 17.5. The fourth-order valence-electron chi connectivity index (χ4n) is 3.43. The van der Waals surface area contributed by atoms with Crippen LogP contribution in [0, 0.1) is 10.8 Å². The fraction of sp³-hybridized carbons (Fsp3) is 0.821. The van der Waals surface area contributed by atoms with Crippen LogP contribution in [0.4, 0.5) is 0 Å². The lowest BCUT2D eigenvalue weighted by atomic mass is 9.90. The fourth-order valence-corrected chi connectivity index (χ4v) is 3.43. The van der Waals surface area contributed by atoms with Crippen molar-refractivity contribution >= 4 is 5.97 Å². The summed E-state index contributed by atoms with van der Waals surface area (Å²) in [6, 6.07) is 0. The number of aliphatic hydroxyl groups is 5. The Morgan fingerprint density at radius 1 is 0.639 bits per heavy atom. The van der Waals surface area contributed by atoms with Gasteiger partial charge in [0, 0.05) is 6.42 Å². The molecule has 0 aliphatic rings. The standard InChI is InChI=1S/C28H52O8/c1-2-3-4-5-6-7-8-9-10-11-12-13-14-15-16-17-26(34)36-25-28(21-32,22-33)24-35-23-27(18-29,19-30)20-31/h6-7,9-10,29-33H,2-5,8,11-25H2,1H3/b7-6-,10-9-. The Morgan fingerprint density at radius 2 is 1.14 bits per heavy atom. The first-order valence-corrected chi connectivity index (χ1v) is 13.5. The minimum atomic E-state index is -1.21. The Kier molecular flexibility index (Phi) is 22.1. The third-order valence-electron chi connectivity index (χ3n) is 6.36. The van der Waals surface area contributed by atoms with E-state index >= 15 is 0 Å². The quantitative estimate of drug-likeness (QED) is 0.0708. The number of aliphatic hydroxyl groups excluding tert-OH is 5. The predicted molar refractivity (Wildman–Crippen MR) is 141 cm³/mol. The van der Waals surface area contributed by atoms with Gasteiger partial charge >= 0.3 is 5.97 Å². The summed E-state index contributed by atoms with van der Waals surface area (Å²) in [5.41, 5.74) is -2.41. The molecule has 0 saturated carbocycles. The van der Waals surface area contributed by atoms with Crippen molar-refractivity contribution in [1.29, 1.82) is 0 Å². The Balaban J connectivity index is 3.97. The average molecular weight is 517 g/mol. The van der Waals surface area contributed by atoms with Crippen molar-refractivity contribution < 1.29 is 39.8 Å². The van der Waals surface area contributed by atoms with Gasteiger partial charge in [-0.1, -0.05) is 63.3 Å². The Bertz CT molecular complexity index is 560. The molecule has 0 atom stereocenters. The molecule has 0 bridgehead atoms. The summed E-state index contributed by atoms with van der Waals surface area (Å²) >= 11 is 0. The zero-order chi connectivity index (χ0) is 27.0. The van der Waals surface area contributed by atoms with Gasteiger partial charge in [0.05, 0.1) is 57.1 Å². The molecule has 0 spiro atoms. The van der Waals surface area contributed by atoms with Crippen LogP contribution in [0.25, 0.3) is 0 Å². The van der Waals surface area contributed by atoms with E-state index in [9.17, 15) is 30.3 Å². The molecule has 0 rings (SSSR count). The maximum Gasteiger partial charge on any atom is 0.305 e. The zero-order valence-electron chi connectivity index (χ0n) is 22.4. The number of esters is 1. The number of hydrogen-bond donors (Lipinski definition) is 5. The Hall–Kier alpha value is -1.29. The van der Waals surface area contributed by atoms with Gasteiger partial charge in [0.15, 0.2) is 0 Å². The van der Waals surface area contributed by atoms with Crippen LogP contribution in [0.1, 0.15) is 84.0 Å². The van der Waals surface area contributed by atoms with E-state index in [2.05, 4.69) is 31.2 Å². The van der Waals surface area contributed by atoms with Crippen molar-refractivity contribution in [3.63, 3.8) is 0 Å². The molecule has 212 valence electrons. The van der Waals surface area contributed by atoms with E-state index in [-0.39, 0.29) is 32.2 Å². The van der Waals surface area contributed by atoms with Crippen LogP contribution < -0.4 is 0 Å². The highest BCUT2D eigenvalue weighted by Crippen LogP contribution is 2.21. The summed E-state index contributed by atoms with van der Waals surface area (Å²) in [5, 5.41) is 47.5. The number of carbonyl (C=O) groups is 1. The van der Waals surface area contributed by atoms with Crippen molar-refractivity contribution in [1.82, 2.24) is 0 Å². The number of rotatable bonds is 25. The molecule has 0 radical (unpaired) electrons. The normalized spacial score (nSPS) is 12.7. The number of carbonyl (C=O) groups excluding carboxylic acids is 1. The van der Waals surface area contributed by atoms with Crippen LogP contribution in [-0.2, 0) is 14.3 Å². The summed E-state index contributed by atoms with van der Waals surface area (Å²) in [6.45, 7) is -0.680. The highest BCUT2D eigenvalue weighted by Gasteiger charge is 2.34. The van der Waals surface area contributed by atoms with Crippen molar-refractivity contribution in [3.05, 3.63) is 24.3 Å². The monoisotopic (exact) mass is 516 g/mol. The van der Waals surface area contributed by atoms with Crippen molar-refractivity contribution in [2.24, 2.45) is 10.8 Å². The van der Waals surface area contributed by atoms with E-state index in [1.807, 2.05) is 0 Å². The van der Waals surface area contributed by atoms with Gasteiger partial charge in [0.2, 0.25) is 0 Å². The summed E-state index contributed by atoms with van der Waals surface area (Å²) in [6.07, 6.45) is 21.3. The van der Waals surface area contributed by atoms with E-state index in [1.54, 1.807) is 0 Å². The first kappa shape index (κ1) is 34.7. The summed E-state index contributed by atoms with van der Waals surface area (Å²) in [5.74, 6) is -0.387. The molecule has 0 fully saturated rings. The zero-order valence-corrected chi connectivity index (χ0v) is 22.4. The molecular formula is C28H52O8. The molecule has 0 heterocycles. The van der Waals surface area contributed by atoms with Gasteiger partial charge in [-0.3, -0.25) is 4.79 Å². The summed E-state index contributed by atoms with van der Waals surface area (Å²) in [4.78, 5) is 12.1. The molecule has 0 aromatic rings. The van der Waals surface area contributed by atoms with Gasteiger partial charge in [-0.25, -0.2) is 0 Å². The van der Waals surface area contributed by atoms with Crippen LogP contribution >= 0.6 is 0 Å². The second kappa shape index (κ2) is 22.9. The molecule has 0 unspecified atom stereocenters. The highest BCUT2D eigenvalue weighted by molar-refractivity contribution is 5.69. The number of allylic oxidation sites excluding steroid dienone is 4. The lowest BCUT2D eigenvalue weighted by Gasteiger charge is -2.32. The average Bonchev–Trinajstić information content (AvgIpc) is 2.91. The third-order valence-corrected chi connectivity index (χ3v) is 6.36. The number of ether oxygens (including phenoxy) is 2. The molecule has 5 N–H and O–H groups in total. The summed E-state index contributed by atoms with van der Waals surface area (Å²) < 4.78 is 10.7. The topological polar surface area (TPSA) is 137 Å². The van der Waals surface area contributed by atoms with Gasteiger partial charge in [-0.15, -0.1) is 0 Å². The maximum absolute atomic E-state index is 12.1. The van der Waals surface area contributed by atoms with E-state index in [1.165, 1.54) is 25.7 Å². The molecule has 0 aliphatic heterocycles. The molecule has 0 saturated heterocycles. The van der Waals surface area contributed by atoms with Crippen LogP contribution in [0.5, 0.6) is 0 Å². The first-order valence-electron chi connectivity index (χ1n) is 13.5. The summed E-state index contributed by atoms with van der Waals surface area (Å²) in [7, 11) is 0. The van der Waals surface area contributed by atoms with E-state index in [0.717, 1.165) is 44.9 Å². The van der Waals surface area contributed by atoms with Crippen molar-refractivity contribution in [2.45, 2.75) is 84.0 Å². The Labute approximate surface area is 218 Å². The Morgan fingerprint density at radius 3 is 1.69 bits per heavy atom. The highest BCUT2D eigenvalue weighted by atomic mass is 16.5. The van der Waals surface area contributed by atoms with E-state index < -0.39 is 43.9 Å². The van der Waals surface area contributed by atoms with Crippen molar-refractivity contribution in [3.8, 4) is 0 Å². The van der Waals surface area contributed by atoms with Gasteiger partial charge in [-0.05, 0) is 38.5 Å². The maximum atomic E-state index is 12.1. The van der Waals surface area contributed by atoms with Gasteiger partial charge in [0.25, 0.3) is 0 Å². The molecule has 0 aliphatic carbocycles. The number of hydrogen-bond acceptors (Lipinski definition) is 8. The SMILES string of the molecule is CCCCC/C=C\C/C=C\CCCCCCCC(=O)OCC(CO)(CO)COCC(CO)(CO)CO. The lowest BCUT2D eigenvalue weighted by molar-refractivity contribution is -0.154. The van der Waals surface area contributed by atoms with Gasteiger partial charge in [-0.2, -0.15) is 0 Å². The van der Waals surface area contributed by atoms with Crippen LogP contribution in [-0.4, -0.2) is 84.4 Å². The number of unbranched alkanes of at least 4 members (excludes halogenated alkanes) is 8. The molecule has 0 amide bonds. The molecule has 0 aromatic heterocycles. The van der Waals surface area contributed by atoms with E-state index in [4.69, 9.17) is 9.47 Å². The van der Waals surface area contributed by atoms with Crippen LogP contribution in [0.2, 0.25) is 0 Å². The minimum Gasteiger partial charge on any atom is -0.465 e. The second-order valence-electron chi connectivity index (χ2n) is 9.92. The molecule has 0 aromatic carbocycles. The van der Waals surface area contributed by atoms with E-state index in [0.29, 0.717) is 0 Å². The predicted octanol–water partition coefficient (Wildman–Crippen LogP) is 3.29. The largest absolute Gasteiger partial charge is 0.465 e. The lowest BCUT2D eigenvalue weighted by Crippen LogP contribution is -2.44. The third kappa shape index (κ3) is 16.5. The molecule has 8 nitrogen and oxygen atoms in total. The van der Waals surface area contributed by atoms with Gasteiger partial charge in [0.1, 0.15) is 6.61 Å². The smallest absolute Gasteiger partial charge is 0.305 e. The minimum absolute atomic E-state index is 0.154. The van der Waals surface area contributed by atoms with Gasteiger partial charge < -0.3 is 35.0 Å². The second-order valence-corrected chi connectivity index (χ2v) is 9.92. The van der Waals surface area contributed by atoms with Crippen LogP contribution in [0.15, 0.2) is 24.3 Å². The molecule has 36 heavy (non-hydrogen) atoms. The molecule has 8 heteroatoms. The van der Waals surface area contributed by atoms with Crippen molar-refractivity contribution in [2.75, 3.05) is 52.9 Å².